The average Bonchev–Trinajstić information content (AvgIpc) is 3.16. The minimum atomic E-state index is 0.381. The molecule has 7 heteroatoms. The van der Waals surface area contributed by atoms with Crippen molar-refractivity contribution in [3.05, 3.63) is 18.2 Å². The molecule has 6 nitrogen and oxygen atoms in total. The van der Waals surface area contributed by atoms with Gasteiger partial charge in [-0.2, -0.15) is 11.8 Å². The van der Waals surface area contributed by atoms with Crippen molar-refractivity contribution in [1.29, 1.82) is 0 Å². The van der Waals surface area contributed by atoms with Crippen molar-refractivity contribution < 1.29 is 9.47 Å². The SMILES string of the molecule is CCNC(=NCCCCSC)NC1CCN(c2cc(OC)cc(OC)c2)C1. The van der Waals surface area contributed by atoms with Crippen LogP contribution in [0.2, 0.25) is 0 Å². The number of unbranched alkanes of at least 4 members (excludes halogenated alkanes) is 1. The van der Waals surface area contributed by atoms with Gasteiger partial charge in [0, 0.05) is 56.1 Å². The normalized spacial score (nSPS) is 17.1. The molecule has 1 saturated heterocycles. The van der Waals surface area contributed by atoms with Crippen LogP contribution in [0.5, 0.6) is 11.5 Å². The summed E-state index contributed by atoms with van der Waals surface area (Å²) in [6.45, 7) is 5.79. The van der Waals surface area contributed by atoms with Gasteiger partial charge >= 0.3 is 0 Å². The number of thioether (sulfide) groups is 1. The number of nitrogens with one attached hydrogen (secondary N) is 2. The predicted octanol–water partition coefficient (Wildman–Crippen LogP) is 2.98. The first-order valence-electron chi connectivity index (χ1n) is 9.72. The van der Waals surface area contributed by atoms with Crippen LogP contribution in [0.3, 0.4) is 0 Å². The van der Waals surface area contributed by atoms with Gasteiger partial charge in [0.25, 0.3) is 0 Å². The molecule has 0 aliphatic carbocycles. The summed E-state index contributed by atoms with van der Waals surface area (Å²) in [6, 6.07) is 6.42. The van der Waals surface area contributed by atoms with Crippen LogP contribution in [0.1, 0.15) is 26.2 Å². The van der Waals surface area contributed by atoms with E-state index in [1.807, 2.05) is 17.8 Å². The first kappa shape index (κ1) is 21.5. The molecule has 0 radical (unpaired) electrons. The zero-order valence-electron chi connectivity index (χ0n) is 17.1. The Morgan fingerprint density at radius 3 is 2.59 bits per heavy atom. The lowest BCUT2D eigenvalue weighted by molar-refractivity contribution is 0.394. The van der Waals surface area contributed by atoms with Crippen molar-refractivity contribution in [2.45, 2.75) is 32.2 Å². The summed E-state index contributed by atoms with van der Waals surface area (Å²) in [5.41, 5.74) is 1.13. The largest absolute Gasteiger partial charge is 0.497 e. The van der Waals surface area contributed by atoms with Gasteiger partial charge < -0.3 is 25.0 Å². The Labute approximate surface area is 168 Å². The number of hydrogen-bond acceptors (Lipinski definition) is 5. The molecule has 0 amide bonds. The van der Waals surface area contributed by atoms with Gasteiger partial charge in [0.2, 0.25) is 0 Å². The maximum atomic E-state index is 5.40. The standard InChI is InChI=1S/C20H34N4O2S/c1-5-21-20(22-9-6-7-11-27-4)23-16-8-10-24(15-16)17-12-18(25-2)14-19(13-17)26-3/h12-14,16H,5-11,15H2,1-4H3,(H2,21,22,23). The van der Waals surface area contributed by atoms with Gasteiger partial charge in [-0.25, -0.2) is 0 Å². The van der Waals surface area contributed by atoms with Gasteiger partial charge in [0.05, 0.1) is 14.2 Å². The van der Waals surface area contributed by atoms with E-state index in [9.17, 15) is 0 Å². The van der Waals surface area contributed by atoms with Gasteiger partial charge in [0.15, 0.2) is 5.96 Å². The van der Waals surface area contributed by atoms with Crippen molar-refractivity contribution >= 4 is 23.4 Å². The number of anilines is 1. The minimum absolute atomic E-state index is 0.381. The molecule has 27 heavy (non-hydrogen) atoms. The molecule has 152 valence electrons. The molecule has 1 aliphatic heterocycles. The highest BCUT2D eigenvalue weighted by Crippen LogP contribution is 2.30. The lowest BCUT2D eigenvalue weighted by Crippen LogP contribution is -2.44. The topological polar surface area (TPSA) is 58.1 Å². The zero-order valence-corrected chi connectivity index (χ0v) is 17.9. The van der Waals surface area contributed by atoms with Crippen LogP contribution in [0.25, 0.3) is 0 Å². The van der Waals surface area contributed by atoms with E-state index in [0.717, 1.165) is 62.2 Å². The van der Waals surface area contributed by atoms with Crippen LogP contribution < -0.4 is 25.0 Å². The zero-order chi connectivity index (χ0) is 19.5. The third-order valence-corrected chi connectivity index (χ3v) is 5.30. The first-order valence-corrected chi connectivity index (χ1v) is 11.1. The Morgan fingerprint density at radius 2 is 1.96 bits per heavy atom. The number of methoxy groups -OCH3 is 2. The van der Waals surface area contributed by atoms with E-state index in [4.69, 9.17) is 14.5 Å². The number of nitrogens with zero attached hydrogens (tertiary/aromatic N) is 2. The summed E-state index contributed by atoms with van der Waals surface area (Å²) in [7, 11) is 3.37. The third-order valence-electron chi connectivity index (χ3n) is 4.60. The van der Waals surface area contributed by atoms with Crippen molar-refractivity contribution in [3.63, 3.8) is 0 Å². The van der Waals surface area contributed by atoms with E-state index in [2.05, 4.69) is 40.8 Å². The lowest BCUT2D eigenvalue weighted by Gasteiger charge is -2.21. The smallest absolute Gasteiger partial charge is 0.191 e. The molecule has 1 fully saturated rings. The van der Waals surface area contributed by atoms with E-state index in [1.54, 1.807) is 14.2 Å². The Kier molecular flexibility index (Phi) is 9.45. The van der Waals surface area contributed by atoms with Crippen LogP contribution in [0, 0.1) is 0 Å². The molecule has 0 bridgehead atoms. The molecular formula is C20H34N4O2S. The molecule has 0 spiro atoms. The highest BCUT2D eigenvalue weighted by atomic mass is 32.2. The van der Waals surface area contributed by atoms with Gasteiger partial charge in [-0.3, -0.25) is 4.99 Å². The molecule has 0 saturated carbocycles. The van der Waals surface area contributed by atoms with E-state index < -0.39 is 0 Å². The second kappa shape index (κ2) is 11.8. The maximum Gasteiger partial charge on any atom is 0.191 e. The Balaban J connectivity index is 1.92. The summed E-state index contributed by atoms with van der Waals surface area (Å²) in [5, 5.41) is 6.96. The summed E-state index contributed by atoms with van der Waals surface area (Å²) < 4.78 is 10.8. The Morgan fingerprint density at radius 1 is 1.22 bits per heavy atom. The highest BCUT2D eigenvalue weighted by molar-refractivity contribution is 7.98. The molecule has 1 atom stereocenters. The van der Waals surface area contributed by atoms with Gasteiger partial charge in [-0.1, -0.05) is 0 Å². The molecule has 1 aromatic rings. The first-order chi connectivity index (χ1) is 13.2. The molecule has 0 aromatic heterocycles. The summed E-state index contributed by atoms with van der Waals surface area (Å²) in [5.74, 6) is 3.78. The number of guanidine groups is 1. The van der Waals surface area contributed by atoms with Gasteiger partial charge in [-0.15, -0.1) is 0 Å². The lowest BCUT2D eigenvalue weighted by atomic mass is 10.2. The number of aliphatic imine (C=N–C) groups is 1. The van der Waals surface area contributed by atoms with Crippen LogP contribution in [0.4, 0.5) is 5.69 Å². The van der Waals surface area contributed by atoms with Crippen molar-refractivity contribution in [2.75, 3.05) is 57.3 Å². The summed E-state index contributed by atoms with van der Waals surface area (Å²) in [4.78, 5) is 7.09. The molecule has 1 heterocycles. The fourth-order valence-corrected chi connectivity index (χ4v) is 3.64. The number of hydrogen-bond donors (Lipinski definition) is 2. The van der Waals surface area contributed by atoms with Crippen LogP contribution >= 0.6 is 11.8 Å². The van der Waals surface area contributed by atoms with E-state index in [-0.39, 0.29) is 0 Å². The molecule has 1 aromatic carbocycles. The van der Waals surface area contributed by atoms with E-state index in [0.29, 0.717) is 6.04 Å². The van der Waals surface area contributed by atoms with Crippen molar-refractivity contribution in [3.8, 4) is 11.5 Å². The number of ether oxygens (including phenoxy) is 2. The van der Waals surface area contributed by atoms with Crippen molar-refractivity contribution in [1.82, 2.24) is 10.6 Å². The molecular weight excluding hydrogens is 360 g/mol. The fraction of sp³-hybridized carbons (Fsp3) is 0.650. The second-order valence-corrected chi connectivity index (χ2v) is 7.59. The van der Waals surface area contributed by atoms with Crippen LogP contribution in [-0.2, 0) is 0 Å². The van der Waals surface area contributed by atoms with Crippen LogP contribution in [-0.4, -0.2) is 64.4 Å². The highest BCUT2D eigenvalue weighted by Gasteiger charge is 2.24. The minimum Gasteiger partial charge on any atom is -0.497 e. The maximum absolute atomic E-state index is 5.40. The van der Waals surface area contributed by atoms with Gasteiger partial charge in [-0.05, 0) is 38.2 Å². The quantitative estimate of drug-likeness (QED) is 0.361. The monoisotopic (exact) mass is 394 g/mol. The third kappa shape index (κ3) is 7.05. The summed E-state index contributed by atoms with van der Waals surface area (Å²) >= 11 is 1.90. The molecule has 2 N–H and O–H groups in total. The molecule has 1 aliphatic rings. The predicted molar refractivity (Wildman–Crippen MR) is 117 cm³/mol. The second-order valence-electron chi connectivity index (χ2n) is 6.61. The Bertz CT molecular complexity index is 575. The summed E-state index contributed by atoms with van der Waals surface area (Å²) in [6.07, 6.45) is 5.59. The van der Waals surface area contributed by atoms with Crippen molar-refractivity contribution in [2.24, 2.45) is 4.99 Å². The fourth-order valence-electron chi connectivity index (χ4n) is 3.15. The number of benzene rings is 1. The Hall–Kier alpha value is -1.76. The van der Waals surface area contributed by atoms with E-state index >= 15 is 0 Å². The molecule has 2 rings (SSSR count). The van der Waals surface area contributed by atoms with Crippen LogP contribution in [0.15, 0.2) is 23.2 Å². The van der Waals surface area contributed by atoms with E-state index in [1.165, 1.54) is 12.2 Å². The number of rotatable bonds is 10. The molecule has 1 unspecified atom stereocenters. The average molecular weight is 395 g/mol. The van der Waals surface area contributed by atoms with Gasteiger partial charge in [0.1, 0.15) is 11.5 Å².